The van der Waals surface area contributed by atoms with Gasteiger partial charge in [0.15, 0.2) is 5.69 Å². The van der Waals surface area contributed by atoms with E-state index in [0.717, 1.165) is 17.2 Å². The molecule has 0 spiro atoms. The Hall–Kier alpha value is -4.31. The summed E-state index contributed by atoms with van der Waals surface area (Å²) in [5.41, 5.74) is 1.64. The summed E-state index contributed by atoms with van der Waals surface area (Å²) in [7, 11) is 0. The quantitative estimate of drug-likeness (QED) is 0.249. The number of aromatic nitrogens is 3. The van der Waals surface area contributed by atoms with Crippen molar-refractivity contribution >= 4 is 22.7 Å². The van der Waals surface area contributed by atoms with E-state index >= 15 is 0 Å². The fourth-order valence-electron chi connectivity index (χ4n) is 3.59. The van der Waals surface area contributed by atoms with Crippen molar-refractivity contribution in [2.75, 3.05) is 0 Å². The molecule has 0 bridgehead atoms. The van der Waals surface area contributed by atoms with Gasteiger partial charge in [-0.1, -0.05) is 72.3 Å². The van der Waals surface area contributed by atoms with E-state index in [1.165, 1.54) is 34.2 Å². The van der Waals surface area contributed by atoms with Crippen molar-refractivity contribution in [2.45, 2.75) is 13.1 Å². The van der Waals surface area contributed by atoms with Crippen LogP contribution >= 0.6 is 11.3 Å². The first-order valence-corrected chi connectivity index (χ1v) is 11.7. The summed E-state index contributed by atoms with van der Waals surface area (Å²) in [5, 5.41) is 13.0. The molecule has 5 aromatic rings. The monoisotopic (exact) mass is 505 g/mol. The zero-order valence-corrected chi connectivity index (χ0v) is 19.6. The second kappa shape index (κ2) is 9.38. The topological polar surface area (TPSA) is 75.4 Å². The molecular formula is C26H18F3N5OS. The van der Waals surface area contributed by atoms with Gasteiger partial charge in [0.1, 0.15) is 0 Å². The van der Waals surface area contributed by atoms with E-state index in [9.17, 15) is 18.0 Å². The molecule has 3 aromatic carbocycles. The van der Waals surface area contributed by atoms with Crippen LogP contribution in [0.15, 0.2) is 99.3 Å². The Labute approximate surface area is 207 Å². The van der Waals surface area contributed by atoms with Crippen LogP contribution in [0.5, 0.6) is 0 Å². The van der Waals surface area contributed by atoms with Crippen molar-refractivity contribution in [3.05, 3.63) is 106 Å². The molecule has 0 saturated heterocycles. The van der Waals surface area contributed by atoms with Crippen LogP contribution in [0, 0.1) is 6.92 Å². The van der Waals surface area contributed by atoms with Crippen molar-refractivity contribution < 1.29 is 13.2 Å². The lowest BCUT2D eigenvalue weighted by Crippen LogP contribution is -2.13. The van der Waals surface area contributed by atoms with Gasteiger partial charge in [0, 0.05) is 16.5 Å². The molecule has 0 amide bonds. The standard InChI is InChI=1S/C26H18F3N5OS/c1-16-11-13-17(14-12-16)21-15-36-25(30-21)34-24(35)23(22(33-34)18-7-3-2-4-8-18)32-31-20-10-6-5-9-19(20)26(27,28)29/h2-15,33H,1H3. The highest BCUT2D eigenvalue weighted by Crippen LogP contribution is 2.37. The van der Waals surface area contributed by atoms with Crippen LogP contribution < -0.4 is 5.56 Å². The van der Waals surface area contributed by atoms with Crippen LogP contribution in [0.25, 0.3) is 27.6 Å². The smallest absolute Gasteiger partial charge is 0.286 e. The average molecular weight is 506 g/mol. The van der Waals surface area contributed by atoms with Crippen molar-refractivity contribution in [3.8, 4) is 27.6 Å². The molecular weight excluding hydrogens is 487 g/mol. The molecule has 10 heteroatoms. The number of aromatic amines is 1. The van der Waals surface area contributed by atoms with Gasteiger partial charge in [0.2, 0.25) is 5.13 Å². The van der Waals surface area contributed by atoms with Crippen LogP contribution in [-0.2, 0) is 6.18 Å². The van der Waals surface area contributed by atoms with Gasteiger partial charge < -0.3 is 0 Å². The number of hydrogen-bond acceptors (Lipinski definition) is 5. The number of alkyl halides is 3. The van der Waals surface area contributed by atoms with Crippen molar-refractivity contribution in [1.29, 1.82) is 0 Å². The Morgan fingerprint density at radius 3 is 2.31 bits per heavy atom. The molecule has 0 atom stereocenters. The summed E-state index contributed by atoms with van der Waals surface area (Å²) >= 11 is 1.25. The first kappa shape index (κ1) is 23.4. The summed E-state index contributed by atoms with van der Waals surface area (Å²) in [6.45, 7) is 1.99. The van der Waals surface area contributed by atoms with Gasteiger partial charge in [-0.25, -0.2) is 4.98 Å². The minimum atomic E-state index is -4.61. The molecule has 2 heterocycles. The second-order valence-corrected chi connectivity index (χ2v) is 8.77. The largest absolute Gasteiger partial charge is 0.418 e. The van der Waals surface area contributed by atoms with Crippen molar-refractivity contribution in [2.24, 2.45) is 10.2 Å². The first-order chi connectivity index (χ1) is 17.3. The highest BCUT2D eigenvalue weighted by molar-refractivity contribution is 7.12. The lowest BCUT2D eigenvalue weighted by Gasteiger charge is -2.08. The normalized spacial score (nSPS) is 11.9. The van der Waals surface area contributed by atoms with E-state index < -0.39 is 17.3 Å². The number of aryl methyl sites for hydroxylation is 1. The van der Waals surface area contributed by atoms with Crippen molar-refractivity contribution in [1.82, 2.24) is 14.8 Å². The summed E-state index contributed by atoms with van der Waals surface area (Å²) in [5.74, 6) is 0. The third kappa shape index (κ3) is 4.63. The van der Waals surface area contributed by atoms with E-state index in [1.807, 2.05) is 42.6 Å². The van der Waals surface area contributed by atoms with Crippen LogP contribution in [0.3, 0.4) is 0 Å². The number of rotatable bonds is 5. The van der Waals surface area contributed by atoms with E-state index in [1.54, 1.807) is 24.3 Å². The summed E-state index contributed by atoms with van der Waals surface area (Å²) in [6, 6.07) is 21.6. The molecule has 5 rings (SSSR count). The second-order valence-electron chi connectivity index (χ2n) is 7.94. The molecule has 0 unspecified atom stereocenters. The molecule has 180 valence electrons. The Kier molecular flexibility index (Phi) is 6.11. The Morgan fingerprint density at radius 1 is 0.889 bits per heavy atom. The summed E-state index contributed by atoms with van der Waals surface area (Å²) in [6.07, 6.45) is -4.61. The summed E-state index contributed by atoms with van der Waals surface area (Å²) in [4.78, 5) is 18.0. The van der Waals surface area contributed by atoms with Gasteiger partial charge in [-0.15, -0.1) is 21.6 Å². The molecule has 36 heavy (non-hydrogen) atoms. The fourth-order valence-corrected chi connectivity index (χ4v) is 4.38. The lowest BCUT2D eigenvalue weighted by molar-refractivity contribution is -0.137. The number of H-pyrrole nitrogens is 1. The van der Waals surface area contributed by atoms with E-state index in [-0.39, 0.29) is 11.4 Å². The maximum Gasteiger partial charge on any atom is 0.418 e. The molecule has 0 radical (unpaired) electrons. The highest BCUT2D eigenvalue weighted by atomic mass is 32.1. The number of thiazole rings is 1. The number of nitrogens with one attached hydrogen (secondary N) is 1. The minimum absolute atomic E-state index is 0.120. The van der Waals surface area contributed by atoms with E-state index in [0.29, 0.717) is 22.1 Å². The van der Waals surface area contributed by atoms with Crippen LogP contribution in [0.1, 0.15) is 11.1 Å². The predicted octanol–water partition coefficient (Wildman–Crippen LogP) is 7.70. The zero-order chi connectivity index (χ0) is 25.3. The number of nitrogens with zero attached hydrogens (tertiary/aromatic N) is 4. The Morgan fingerprint density at radius 2 is 1.58 bits per heavy atom. The molecule has 6 nitrogen and oxygen atoms in total. The molecule has 0 aliphatic carbocycles. The zero-order valence-electron chi connectivity index (χ0n) is 18.8. The van der Waals surface area contributed by atoms with E-state index in [4.69, 9.17) is 0 Å². The molecule has 0 aliphatic rings. The third-order valence-electron chi connectivity index (χ3n) is 5.43. The summed E-state index contributed by atoms with van der Waals surface area (Å²) < 4.78 is 41.5. The van der Waals surface area contributed by atoms with Crippen LogP contribution in [0.2, 0.25) is 0 Å². The molecule has 0 fully saturated rings. The van der Waals surface area contributed by atoms with E-state index in [2.05, 4.69) is 20.3 Å². The minimum Gasteiger partial charge on any atom is -0.286 e. The lowest BCUT2D eigenvalue weighted by atomic mass is 10.1. The van der Waals surface area contributed by atoms with Gasteiger partial charge in [0.25, 0.3) is 0 Å². The predicted molar refractivity (Wildman–Crippen MR) is 133 cm³/mol. The number of azo groups is 1. The van der Waals surface area contributed by atoms with Gasteiger partial charge in [-0.3, -0.25) is 9.89 Å². The number of hydrogen-bond donors (Lipinski definition) is 1. The number of benzene rings is 3. The maximum atomic E-state index is 13.4. The molecule has 2 aromatic heterocycles. The highest BCUT2D eigenvalue weighted by Gasteiger charge is 2.33. The SMILES string of the molecule is Cc1ccc(-c2csc(-n3[nH]c(-c4ccccc4)c(N=Nc4ccccc4C(F)(F)F)c3=O)n2)cc1. The Balaban J connectivity index is 1.61. The average Bonchev–Trinajstić information content (AvgIpc) is 3.48. The maximum absolute atomic E-state index is 13.4. The molecule has 1 N–H and O–H groups in total. The number of halogens is 3. The van der Waals surface area contributed by atoms with Gasteiger partial charge >= 0.3 is 11.7 Å². The van der Waals surface area contributed by atoms with Gasteiger partial charge in [0.05, 0.1) is 22.6 Å². The van der Waals surface area contributed by atoms with Gasteiger partial charge in [-0.05, 0) is 19.1 Å². The van der Waals surface area contributed by atoms with Crippen molar-refractivity contribution in [3.63, 3.8) is 0 Å². The molecule has 0 aliphatic heterocycles. The van der Waals surface area contributed by atoms with Crippen LogP contribution in [-0.4, -0.2) is 14.8 Å². The molecule has 0 saturated carbocycles. The van der Waals surface area contributed by atoms with Gasteiger partial charge in [-0.2, -0.15) is 17.9 Å². The third-order valence-corrected chi connectivity index (χ3v) is 6.25. The fraction of sp³-hybridized carbons (Fsp3) is 0.0769. The van der Waals surface area contributed by atoms with Crippen LogP contribution in [0.4, 0.5) is 24.5 Å². The first-order valence-electron chi connectivity index (χ1n) is 10.8. The Bertz CT molecular complexity index is 1600.